The Hall–Kier alpha value is -0.910. The minimum atomic E-state index is 0.486. The zero-order valence-electron chi connectivity index (χ0n) is 12.1. The monoisotopic (exact) mass is 353 g/mol. The first-order valence-corrected chi connectivity index (χ1v) is 8.35. The number of halogens is 1. The fourth-order valence-corrected chi connectivity index (χ4v) is 3.08. The molecule has 0 spiro atoms. The van der Waals surface area contributed by atoms with Crippen LogP contribution < -0.4 is 10.2 Å². The quantitative estimate of drug-likeness (QED) is 0.849. The van der Waals surface area contributed by atoms with E-state index in [1.54, 1.807) is 11.3 Å². The van der Waals surface area contributed by atoms with Crippen molar-refractivity contribution in [2.45, 2.75) is 33.0 Å². The van der Waals surface area contributed by atoms with Crippen molar-refractivity contribution in [3.8, 4) is 0 Å². The molecule has 0 amide bonds. The molecule has 3 nitrogen and oxygen atoms in total. The Morgan fingerprint density at radius 1 is 1.40 bits per heavy atom. The van der Waals surface area contributed by atoms with E-state index in [4.69, 9.17) is 0 Å². The Morgan fingerprint density at radius 3 is 2.90 bits per heavy atom. The lowest BCUT2D eigenvalue weighted by Gasteiger charge is -2.15. The molecule has 0 radical (unpaired) electrons. The summed E-state index contributed by atoms with van der Waals surface area (Å²) in [5.41, 5.74) is 2.39. The second-order valence-corrected chi connectivity index (χ2v) is 6.90. The molecule has 0 saturated carbocycles. The van der Waals surface area contributed by atoms with E-state index in [-0.39, 0.29) is 0 Å². The molecule has 5 heteroatoms. The summed E-state index contributed by atoms with van der Waals surface area (Å²) in [5.74, 6) is 0. The van der Waals surface area contributed by atoms with Crippen molar-refractivity contribution in [3.05, 3.63) is 45.4 Å². The molecule has 1 heterocycles. The van der Waals surface area contributed by atoms with E-state index in [1.165, 1.54) is 5.56 Å². The molecular weight excluding hydrogens is 334 g/mol. The van der Waals surface area contributed by atoms with Crippen LogP contribution in [0.3, 0.4) is 0 Å². The van der Waals surface area contributed by atoms with Gasteiger partial charge < -0.3 is 10.2 Å². The van der Waals surface area contributed by atoms with Crippen LogP contribution >= 0.6 is 27.3 Å². The Morgan fingerprint density at radius 2 is 2.20 bits per heavy atom. The fraction of sp³-hybridized carbons (Fsp3) is 0.400. The molecular formula is C15H20BrN3S. The molecule has 0 aliphatic heterocycles. The van der Waals surface area contributed by atoms with Crippen LogP contribution in [0.2, 0.25) is 0 Å². The van der Waals surface area contributed by atoms with E-state index < -0.39 is 0 Å². The van der Waals surface area contributed by atoms with Crippen molar-refractivity contribution in [1.82, 2.24) is 10.3 Å². The predicted octanol–water partition coefficient (Wildman–Crippen LogP) is 4.04. The number of nitrogens with one attached hydrogen (secondary N) is 1. The van der Waals surface area contributed by atoms with Crippen molar-refractivity contribution in [3.63, 3.8) is 0 Å². The second-order valence-electron chi connectivity index (χ2n) is 5.14. The number of anilines is 1. The normalized spacial score (nSPS) is 11.1. The molecule has 108 valence electrons. The summed E-state index contributed by atoms with van der Waals surface area (Å²) in [6.45, 7) is 5.99. The SMILES string of the molecule is CC(C)NCc1csc(N(C)Cc2cccc(Br)c2)n1. The highest BCUT2D eigenvalue weighted by Crippen LogP contribution is 2.22. The average Bonchev–Trinajstić information content (AvgIpc) is 2.85. The van der Waals surface area contributed by atoms with Crippen molar-refractivity contribution in [2.24, 2.45) is 0 Å². The summed E-state index contributed by atoms with van der Waals surface area (Å²) < 4.78 is 1.12. The lowest BCUT2D eigenvalue weighted by molar-refractivity contribution is 0.583. The zero-order chi connectivity index (χ0) is 14.5. The predicted molar refractivity (Wildman–Crippen MR) is 90.3 cm³/mol. The molecule has 0 bridgehead atoms. The second kappa shape index (κ2) is 7.20. The van der Waals surface area contributed by atoms with E-state index in [1.807, 2.05) is 6.07 Å². The van der Waals surface area contributed by atoms with Gasteiger partial charge in [-0.1, -0.05) is 41.9 Å². The molecule has 0 aliphatic carbocycles. The molecule has 2 rings (SSSR count). The van der Waals surface area contributed by atoms with E-state index in [9.17, 15) is 0 Å². The van der Waals surface area contributed by atoms with Gasteiger partial charge in [-0.05, 0) is 17.7 Å². The van der Waals surface area contributed by atoms with Crippen LogP contribution in [0.4, 0.5) is 5.13 Å². The van der Waals surface area contributed by atoms with Crippen molar-refractivity contribution in [2.75, 3.05) is 11.9 Å². The average molecular weight is 354 g/mol. The van der Waals surface area contributed by atoms with Crippen molar-refractivity contribution < 1.29 is 0 Å². The molecule has 1 aromatic heterocycles. The maximum atomic E-state index is 4.67. The summed E-state index contributed by atoms with van der Waals surface area (Å²) in [5, 5.41) is 6.58. The number of hydrogen-bond donors (Lipinski definition) is 1. The molecule has 20 heavy (non-hydrogen) atoms. The summed E-state index contributed by atoms with van der Waals surface area (Å²) in [7, 11) is 2.08. The van der Waals surface area contributed by atoms with E-state index in [0.29, 0.717) is 6.04 Å². The third-order valence-electron chi connectivity index (χ3n) is 2.87. The Kier molecular flexibility index (Phi) is 5.57. The summed E-state index contributed by atoms with van der Waals surface area (Å²) in [6, 6.07) is 8.87. The molecule has 1 N–H and O–H groups in total. The van der Waals surface area contributed by atoms with Crippen LogP contribution in [0.25, 0.3) is 0 Å². The molecule has 0 fully saturated rings. The molecule has 1 aromatic carbocycles. The lowest BCUT2D eigenvalue weighted by Crippen LogP contribution is -2.22. The van der Waals surface area contributed by atoms with Gasteiger partial charge in [0.2, 0.25) is 0 Å². The third-order valence-corrected chi connectivity index (χ3v) is 4.36. The largest absolute Gasteiger partial charge is 0.347 e. The minimum absolute atomic E-state index is 0.486. The topological polar surface area (TPSA) is 28.2 Å². The maximum Gasteiger partial charge on any atom is 0.185 e. The first kappa shape index (κ1) is 15.5. The molecule has 0 saturated heterocycles. The first-order chi connectivity index (χ1) is 9.54. The van der Waals surface area contributed by atoms with Crippen molar-refractivity contribution in [1.29, 1.82) is 0 Å². The van der Waals surface area contributed by atoms with Gasteiger partial charge in [-0.15, -0.1) is 11.3 Å². The van der Waals surface area contributed by atoms with Crippen LogP contribution in [-0.2, 0) is 13.1 Å². The highest BCUT2D eigenvalue weighted by molar-refractivity contribution is 9.10. The fourth-order valence-electron chi connectivity index (χ4n) is 1.84. The smallest absolute Gasteiger partial charge is 0.185 e. The van der Waals surface area contributed by atoms with Crippen LogP contribution in [0, 0.1) is 0 Å². The number of aromatic nitrogens is 1. The summed E-state index contributed by atoms with van der Waals surface area (Å²) >= 11 is 5.20. The minimum Gasteiger partial charge on any atom is -0.347 e. The molecule has 0 aliphatic rings. The zero-order valence-corrected chi connectivity index (χ0v) is 14.5. The van der Waals surface area contributed by atoms with Gasteiger partial charge in [-0.2, -0.15) is 0 Å². The Bertz CT molecular complexity index is 554. The van der Waals surface area contributed by atoms with E-state index in [0.717, 1.165) is 28.4 Å². The van der Waals surface area contributed by atoms with Gasteiger partial charge >= 0.3 is 0 Å². The van der Waals surface area contributed by atoms with Crippen LogP contribution in [0.15, 0.2) is 34.1 Å². The standard InChI is InChI=1S/C15H20BrN3S/c1-11(2)17-8-14-10-20-15(18-14)19(3)9-12-5-4-6-13(16)7-12/h4-7,10-11,17H,8-9H2,1-3H3. The number of nitrogens with zero attached hydrogens (tertiary/aromatic N) is 2. The lowest BCUT2D eigenvalue weighted by atomic mass is 10.2. The Labute approximate surface area is 133 Å². The van der Waals surface area contributed by atoms with E-state index >= 15 is 0 Å². The first-order valence-electron chi connectivity index (χ1n) is 6.68. The molecule has 2 aromatic rings. The van der Waals surface area contributed by atoms with Crippen LogP contribution in [0.1, 0.15) is 25.1 Å². The number of thiazole rings is 1. The Balaban J connectivity index is 1.97. The van der Waals surface area contributed by atoms with Gasteiger partial charge in [0.15, 0.2) is 5.13 Å². The number of hydrogen-bond acceptors (Lipinski definition) is 4. The highest BCUT2D eigenvalue weighted by atomic mass is 79.9. The van der Waals surface area contributed by atoms with Gasteiger partial charge in [0.05, 0.1) is 5.69 Å². The van der Waals surface area contributed by atoms with Gasteiger partial charge in [-0.25, -0.2) is 4.98 Å². The van der Waals surface area contributed by atoms with Crippen LogP contribution in [0.5, 0.6) is 0 Å². The highest BCUT2D eigenvalue weighted by Gasteiger charge is 2.08. The van der Waals surface area contributed by atoms with Crippen LogP contribution in [-0.4, -0.2) is 18.1 Å². The van der Waals surface area contributed by atoms with Gasteiger partial charge in [0.25, 0.3) is 0 Å². The molecule has 0 unspecified atom stereocenters. The van der Waals surface area contributed by atoms with Crippen molar-refractivity contribution >= 4 is 32.4 Å². The summed E-state index contributed by atoms with van der Waals surface area (Å²) in [6.07, 6.45) is 0. The molecule has 0 atom stereocenters. The van der Waals surface area contributed by atoms with Gasteiger partial charge in [0.1, 0.15) is 0 Å². The van der Waals surface area contributed by atoms with Gasteiger partial charge in [0, 0.05) is 36.0 Å². The maximum absolute atomic E-state index is 4.67. The summed E-state index contributed by atoms with van der Waals surface area (Å²) in [4.78, 5) is 6.86. The van der Waals surface area contributed by atoms with E-state index in [2.05, 4.69) is 75.6 Å². The van der Waals surface area contributed by atoms with Gasteiger partial charge in [-0.3, -0.25) is 0 Å². The number of rotatable bonds is 6. The number of benzene rings is 1. The third kappa shape index (κ3) is 4.58.